The first kappa shape index (κ1) is 31.1. The summed E-state index contributed by atoms with van der Waals surface area (Å²) in [4.78, 5) is 29.6. The smallest absolute Gasteiger partial charge is 0.244 e. The summed E-state index contributed by atoms with van der Waals surface area (Å²) in [6.45, 7) is 1.42. The number of rotatable bonds is 11. The molecule has 0 heterocycles. The van der Waals surface area contributed by atoms with Crippen LogP contribution in [0.15, 0.2) is 77.3 Å². The van der Waals surface area contributed by atoms with Crippen LogP contribution in [0.5, 0.6) is 0 Å². The lowest BCUT2D eigenvalue weighted by Gasteiger charge is -2.34. The number of anilines is 1. The van der Waals surface area contributed by atoms with Crippen LogP contribution in [0.3, 0.4) is 0 Å². The van der Waals surface area contributed by atoms with E-state index in [4.69, 9.17) is 11.6 Å². The molecule has 41 heavy (non-hydrogen) atoms. The Hall–Kier alpha value is -2.88. The molecule has 0 bridgehead atoms. The first-order chi connectivity index (χ1) is 19.5. The fourth-order valence-electron chi connectivity index (χ4n) is 5.25. The molecular formula is C31H35BrClN3O4S. The summed E-state index contributed by atoms with van der Waals surface area (Å²) < 4.78 is 27.9. The summed E-state index contributed by atoms with van der Waals surface area (Å²) in [5, 5.41) is 3.64. The molecule has 3 aromatic rings. The Bertz CT molecular complexity index is 1480. The van der Waals surface area contributed by atoms with Crippen LogP contribution in [0.4, 0.5) is 5.69 Å². The third-order valence-electron chi connectivity index (χ3n) is 7.32. The Morgan fingerprint density at radius 2 is 1.68 bits per heavy atom. The Morgan fingerprint density at radius 1 is 1.00 bits per heavy atom. The highest BCUT2D eigenvalue weighted by molar-refractivity contribution is 9.10. The Labute approximate surface area is 256 Å². The van der Waals surface area contributed by atoms with Crippen molar-refractivity contribution in [1.82, 2.24) is 10.2 Å². The van der Waals surface area contributed by atoms with Crippen LogP contribution in [0, 0.1) is 6.92 Å². The van der Waals surface area contributed by atoms with Crippen LogP contribution in [0.25, 0.3) is 0 Å². The average Bonchev–Trinajstić information content (AvgIpc) is 3.42. The van der Waals surface area contributed by atoms with E-state index in [1.165, 1.54) is 4.90 Å². The van der Waals surface area contributed by atoms with E-state index in [-0.39, 0.29) is 24.9 Å². The molecule has 1 N–H and O–H groups in total. The Balaban J connectivity index is 1.74. The summed E-state index contributed by atoms with van der Waals surface area (Å²) in [7, 11) is -3.85. The number of hydrogen-bond acceptors (Lipinski definition) is 4. The van der Waals surface area contributed by atoms with Gasteiger partial charge in [-0.05, 0) is 66.8 Å². The molecule has 4 rings (SSSR count). The maximum absolute atomic E-state index is 14.2. The van der Waals surface area contributed by atoms with Crippen LogP contribution >= 0.6 is 27.5 Å². The topological polar surface area (TPSA) is 86.8 Å². The van der Waals surface area contributed by atoms with Crippen molar-refractivity contribution in [2.24, 2.45) is 0 Å². The van der Waals surface area contributed by atoms with Crippen LogP contribution < -0.4 is 9.62 Å². The molecule has 1 atom stereocenters. The molecule has 0 saturated heterocycles. The highest BCUT2D eigenvalue weighted by Crippen LogP contribution is 2.27. The predicted molar refractivity (Wildman–Crippen MR) is 167 cm³/mol. The van der Waals surface area contributed by atoms with E-state index in [1.54, 1.807) is 25.1 Å². The number of sulfonamides is 1. The quantitative estimate of drug-likeness (QED) is 0.279. The maximum Gasteiger partial charge on any atom is 0.244 e. The minimum atomic E-state index is -3.85. The molecule has 0 aliphatic heterocycles. The van der Waals surface area contributed by atoms with Crippen molar-refractivity contribution in [2.75, 3.05) is 17.1 Å². The molecule has 0 radical (unpaired) electrons. The number of carbonyl (C=O) groups is 2. The van der Waals surface area contributed by atoms with Gasteiger partial charge in [-0.3, -0.25) is 13.9 Å². The van der Waals surface area contributed by atoms with Gasteiger partial charge in [0.25, 0.3) is 0 Å². The van der Waals surface area contributed by atoms with Crippen molar-refractivity contribution in [2.45, 2.75) is 57.7 Å². The number of nitrogens with one attached hydrogen (secondary N) is 1. The lowest BCUT2D eigenvalue weighted by molar-refractivity contribution is -0.140. The molecule has 1 aliphatic carbocycles. The fourth-order valence-corrected chi connectivity index (χ4v) is 6.83. The second kappa shape index (κ2) is 13.9. The van der Waals surface area contributed by atoms with Crippen LogP contribution in [-0.4, -0.2) is 50.0 Å². The van der Waals surface area contributed by atoms with Crippen molar-refractivity contribution in [3.8, 4) is 0 Å². The third-order valence-corrected chi connectivity index (χ3v) is 9.18. The number of halogens is 2. The third kappa shape index (κ3) is 8.56. The minimum Gasteiger partial charge on any atom is -0.352 e. The van der Waals surface area contributed by atoms with Gasteiger partial charge < -0.3 is 10.2 Å². The number of aryl methyl sites for hydroxylation is 1. The highest BCUT2D eigenvalue weighted by Gasteiger charge is 2.34. The average molecular weight is 661 g/mol. The van der Waals surface area contributed by atoms with E-state index in [2.05, 4.69) is 21.2 Å². The number of carbonyl (C=O) groups excluding carboxylic acids is 2. The molecule has 3 aromatic carbocycles. The lowest BCUT2D eigenvalue weighted by Crippen LogP contribution is -2.54. The van der Waals surface area contributed by atoms with Gasteiger partial charge >= 0.3 is 0 Å². The van der Waals surface area contributed by atoms with Gasteiger partial charge in [0.2, 0.25) is 21.8 Å². The molecule has 7 nitrogen and oxygen atoms in total. The van der Waals surface area contributed by atoms with Crippen molar-refractivity contribution in [1.29, 1.82) is 0 Å². The van der Waals surface area contributed by atoms with E-state index in [9.17, 15) is 18.0 Å². The molecule has 10 heteroatoms. The summed E-state index contributed by atoms with van der Waals surface area (Å²) in [5.74, 6) is -0.718. The minimum absolute atomic E-state index is 0.0628. The predicted octanol–water partition coefficient (Wildman–Crippen LogP) is 5.88. The zero-order valence-corrected chi connectivity index (χ0v) is 26.4. The molecular weight excluding hydrogens is 626 g/mol. The molecule has 1 unspecified atom stereocenters. The normalized spacial score (nSPS) is 14.4. The second-order valence-electron chi connectivity index (χ2n) is 10.5. The van der Waals surface area contributed by atoms with E-state index >= 15 is 0 Å². The van der Waals surface area contributed by atoms with Crippen molar-refractivity contribution in [3.05, 3.63) is 99.0 Å². The molecule has 2 amide bonds. The van der Waals surface area contributed by atoms with Gasteiger partial charge in [-0.15, -0.1) is 0 Å². The highest BCUT2D eigenvalue weighted by atomic mass is 79.9. The van der Waals surface area contributed by atoms with E-state index in [1.807, 2.05) is 54.6 Å². The number of amides is 2. The molecule has 1 aliphatic rings. The number of hydrogen-bond donors (Lipinski definition) is 1. The zero-order chi connectivity index (χ0) is 29.6. The van der Waals surface area contributed by atoms with Gasteiger partial charge in [-0.2, -0.15) is 0 Å². The van der Waals surface area contributed by atoms with E-state index < -0.39 is 28.5 Å². The first-order valence-corrected chi connectivity index (χ1v) is 16.7. The van der Waals surface area contributed by atoms with Crippen molar-refractivity contribution < 1.29 is 18.0 Å². The van der Waals surface area contributed by atoms with Crippen molar-refractivity contribution >= 4 is 55.1 Å². The van der Waals surface area contributed by atoms with Gasteiger partial charge in [0.1, 0.15) is 12.6 Å². The first-order valence-electron chi connectivity index (χ1n) is 13.6. The SMILES string of the molecule is Cc1cc(Cl)ccc1N(CC(=O)N(Cc1cccc(Br)c1)C(Cc1ccccc1)C(=O)NC1CCCC1)S(C)(=O)=O. The largest absolute Gasteiger partial charge is 0.352 e. The summed E-state index contributed by atoms with van der Waals surface area (Å²) >= 11 is 9.62. The van der Waals surface area contributed by atoms with Gasteiger partial charge in [-0.1, -0.05) is 82.8 Å². The second-order valence-corrected chi connectivity index (χ2v) is 13.8. The maximum atomic E-state index is 14.2. The molecule has 218 valence electrons. The zero-order valence-electron chi connectivity index (χ0n) is 23.2. The van der Waals surface area contributed by atoms with E-state index in [0.29, 0.717) is 16.3 Å². The molecule has 1 fully saturated rings. The lowest BCUT2D eigenvalue weighted by atomic mass is 10.0. The Morgan fingerprint density at radius 3 is 2.32 bits per heavy atom. The summed E-state index contributed by atoms with van der Waals surface area (Å²) in [6, 6.07) is 21.2. The molecule has 1 saturated carbocycles. The molecule has 0 aromatic heterocycles. The van der Waals surface area contributed by atoms with Gasteiger partial charge in [0.05, 0.1) is 11.9 Å². The van der Waals surface area contributed by atoms with Crippen LogP contribution in [-0.2, 0) is 32.6 Å². The number of nitrogens with zero attached hydrogens (tertiary/aromatic N) is 2. The van der Waals surface area contributed by atoms with Crippen LogP contribution in [0.1, 0.15) is 42.4 Å². The Kier molecular flexibility index (Phi) is 10.5. The fraction of sp³-hybridized carbons (Fsp3) is 0.355. The van der Waals surface area contributed by atoms with Gasteiger partial charge in [-0.25, -0.2) is 8.42 Å². The monoisotopic (exact) mass is 659 g/mol. The van der Waals surface area contributed by atoms with Crippen molar-refractivity contribution in [3.63, 3.8) is 0 Å². The van der Waals surface area contributed by atoms with Crippen LogP contribution in [0.2, 0.25) is 5.02 Å². The van der Waals surface area contributed by atoms with Gasteiger partial charge in [0, 0.05) is 28.5 Å². The summed E-state index contributed by atoms with van der Waals surface area (Å²) in [6.07, 6.45) is 5.28. The standard InChI is InChI=1S/C31H35BrClN3O4S/c1-22-17-26(33)15-16-28(22)36(41(2,39)40)21-30(37)35(20-24-11-8-12-25(32)18-24)29(19-23-9-4-3-5-10-23)31(38)34-27-13-6-7-14-27/h3-5,8-12,15-18,27,29H,6-7,13-14,19-21H2,1-2H3,(H,34,38). The van der Waals surface area contributed by atoms with Gasteiger partial charge in [0.15, 0.2) is 0 Å². The molecule has 0 spiro atoms. The van der Waals surface area contributed by atoms with E-state index in [0.717, 1.165) is 51.8 Å². The summed E-state index contributed by atoms with van der Waals surface area (Å²) in [5.41, 5.74) is 2.70. The number of benzene rings is 3.